The number of anilines is 1. The summed E-state index contributed by atoms with van der Waals surface area (Å²) in [6.07, 6.45) is 0.319. The van der Waals surface area contributed by atoms with Crippen LogP contribution < -0.4 is 10.2 Å². The molecule has 6 heteroatoms. The molecule has 132 valence electrons. The van der Waals surface area contributed by atoms with Crippen molar-refractivity contribution in [1.29, 1.82) is 0 Å². The van der Waals surface area contributed by atoms with Crippen molar-refractivity contribution < 1.29 is 9.59 Å². The smallest absolute Gasteiger partial charge is 0.224 e. The van der Waals surface area contributed by atoms with Gasteiger partial charge >= 0.3 is 0 Å². The average molecular weight is 379 g/mol. The van der Waals surface area contributed by atoms with Gasteiger partial charge in [0.05, 0.1) is 16.5 Å². The molecule has 2 rings (SSSR count). The Labute approximate surface area is 157 Å². The van der Waals surface area contributed by atoms with E-state index in [2.05, 4.69) is 5.32 Å². The van der Waals surface area contributed by atoms with Crippen LogP contribution in [0.15, 0.2) is 42.5 Å². The second-order valence-corrected chi connectivity index (χ2v) is 6.54. The second-order valence-electron chi connectivity index (χ2n) is 5.72. The van der Waals surface area contributed by atoms with Crippen LogP contribution >= 0.6 is 23.2 Å². The van der Waals surface area contributed by atoms with E-state index < -0.39 is 0 Å². The fourth-order valence-corrected chi connectivity index (χ4v) is 2.76. The van der Waals surface area contributed by atoms with Gasteiger partial charge in [-0.2, -0.15) is 0 Å². The number of halogens is 2. The third kappa shape index (κ3) is 5.48. The molecule has 0 atom stereocenters. The Morgan fingerprint density at radius 3 is 2.44 bits per heavy atom. The van der Waals surface area contributed by atoms with E-state index in [1.54, 1.807) is 23.1 Å². The van der Waals surface area contributed by atoms with Crippen molar-refractivity contribution in [2.24, 2.45) is 0 Å². The van der Waals surface area contributed by atoms with Gasteiger partial charge in [0, 0.05) is 25.7 Å². The molecular formula is C19H20Cl2N2O2. The van der Waals surface area contributed by atoms with Crippen LogP contribution in [0.3, 0.4) is 0 Å². The van der Waals surface area contributed by atoms with Gasteiger partial charge < -0.3 is 10.2 Å². The van der Waals surface area contributed by atoms with E-state index in [0.29, 0.717) is 35.2 Å². The molecular weight excluding hydrogens is 359 g/mol. The lowest BCUT2D eigenvalue weighted by molar-refractivity contribution is -0.121. The monoisotopic (exact) mass is 378 g/mol. The van der Waals surface area contributed by atoms with E-state index in [1.807, 2.05) is 31.2 Å². The minimum atomic E-state index is -0.133. The fraction of sp³-hybridized carbons (Fsp3) is 0.263. The van der Waals surface area contributed by atoms with Crippen LogP contribution in [0.5, 0.6) is 0 Å². The van der Waals surface area contributed by atoms with Crippen LogP contribution in [0, 0.1) is 6.92 Å². The quantitative estimate of drug-likeness (QED) is 0.825. The highest BCUT2D eigenvalue weighted by molar-refractivity contribution is 6.42. The molecule has 2 amide bonds. The van der Waals surface area contributed by atoms with E-state index in [0.717, 1.165) is 11.1 Å². The molecule has 2 aromatic carbocycles. The van der Waals surface area contributed by atoms with E-state index in [1.165, 1.54) is 6.92 Å². The normalized spacial score (nSPS) is 10.4. The van der Waals surface area contributed by atoms with Gasteiger partial charge in [0.2, 0.25) is 11.8 Å². The zero-order chi connectivity index (χ0) is 18.4. The molecule has 4 nitrogen and oxygen atoms in total. The van der Waals surface area contributed by atoms with Gasteiger partial charge in [0.25, 0.3) is 0 Å². The maximum absolute atomic E-state index is 12.1. The van der Waals surface area contributed by atoms with Gasteiger partial charge in [-0.3, -0.25) is 9.59 Å². The summed E-state index contributed by atoms with van der Waals surface area (Å²) in [5.74, 6) is -0.210. The highest BCUT2D eigenvalue weighted by Crippen LogP contribution is 2.27. The van der Waals surface area contributed by atoms with Gasteiger partial charge in [0.1, 0.15) is 0 Å². The molecule has 0 aromatic heterocycles. The van der Waals surface area contributed by atoms with Crippen molar-refractivity contribution in [2.45, 2.75) is 20.3 Å². The number of amides is 2. The number of hydrogen-bond acceptors (Lipinski definition) is 2. The number of nitrogens with zero attached hydrogens (tertiary/aromatic N) is 1. The summed E-state index contributed by atoms with van der Waals surface area (Å²) in [5, 5.41) is 3.66. The molecule has 0 aliphatic rings. The summed E-state index contributed by atoms with van der Waals surface area (Å²) >= 11 is 11.9. The van der Waals surface area contributed by atoms with Crippen LogP contribution in [-0.2, 0) is 16.0 Å². The number of rotatable bonds is 6. The number of carbonyl (C=O) groups is 2. The van der Waals surface area contributed by atoms with Crippen molar-refractivity contribution in [3.05, 3.63) is 63.6 Å². The van der Waals surface area contributed by atoms with E-state index in [9.17, 15) is 9.59 Å². The van der Waals surface area contributed by atoms with Gasteiger partial charge in [-0.05, 0) is 36.2 Å². The molecule has 2 aromatic rings. The second kappa shape index (κ2) is 8.88. The molecule has 0 fully saturated rings. The van der Waals surface area contributed by atoms with Crippen LogP contribution in [0.2, 0.25) is 10.0 Å². The predicted molar refractivity (Wildman–Crippen MR) is 102 cm³/mol. The first-order chi connectivity index (χ1) is 11.9. The van der Waals surface area contributed by atoms with Crippen LogP contribution in [-0.4, -0.2) is 24.9 Å². The molecule has 0 aliphatic carbocycles. The standard InChI is InChI=1S/C19H20Cl2N2O2/c1-13-5-3-4-6-15(13)11-19(25)22-9-10-23(14(2)24)16-7-8-17(20)18(21)12-16/h3-8,12H,9-11H2,1-2H3,(H,22,25). The maximum atomic E-state index is 12.1. The first kappa shape index (κ1) is 19.3. The summed E-state index contributed by atoms with van der Waals surface area (Å²) < 4.78 is 0. The first-order valence-electron chi connectivity index (χ1n) is 7.93. The van der Waals surface area contributed by atoms with E-state index in [-0.39, 0.29) is 11.8 Å². The molecule has 25 heavy (non-hydrogen) atoms. The van der Waals surface area contributed by atoms with E-state index >= 15 is 0 Å². The van der Waals surface area contributed by atoms with Crippen molar-refractivity contribution >= 4 is 40.7 Å². The van der Waals surface area contributed by atoms with Gasteiger partial charge in [0.15, 0.2) is 0 Å². The Balaban J connectivity index is 1.93. The molecule has 0 bridgehead atoms. The third-order valence-corrected chi connectivity index (χ3v) is 4.60. The summed E-state index contributed by atoms with van der Waals surface area (Å²) in [7, 11) is 0. The van der Waals surface area contributed by atoms with Crippen molar-refractivity contribution in [2.75, 3.05) is 18.0 Å². The van der Waals surface area contributed by atoms with Gasteiger partial charge in [-0.25, -0.2) is 0 Å². The zero-order valence-corrected chi connectivity index (χ0v) is 15.7. The molecule has 0 unspecified atom stereocenters. The topological polar surface area (TPSA) is 49.4 Å². The summed E-state index contributed by atoms with van der Waals surface area (Å²) in [6, 6.07) is 12.8. The molecule has 0 aliphatic heterocycles. The van der Waals surface area contributed by atoms with Crippen molar-refractivity contribution in [1.82, 2.24) is 5.32 Å². The Bertz CT molecular complexity index is 778. The molecule has 0 spiro atoms. The maximum Gasteiger partial charge on any atom is 0.224 e. The highest BCUT2D eigenvalue weighted by Gasteiger charge is 2.13. The Morgan fingerprint density at radius 2 is 1.80 bits per heavy atom. The number of nitrogens with one attached hydrogen (secondary N) is 1. The molecule has 0 saturated carbocycles. The Kier molecular flexibility index (Phi) is 6.85. The predicted octanol–water partition coefficient (Wildman–Crippen LogP) is 4.01. The number of carbonyl (C=O) groups excluding carboxylic acids is 2. The summed E-state index contributed by atoms with van der Waals surface area (Å²) in [6.45, 7) is 4.15. The lowest BCUT2D eigenvalue weighted by atomic mass is 10.1. The lowest BCUT2D eigenvalue weighted by Gasteiger charge is -2.22. The van der Waals surface area contributed by atoms with Crippen LogP contribution in [0.1, 0.15) is 18.1 Å². The SMILES string of the molecule is CC(=O)N(CCNC(=O)Cc1ccccc1C)c1ccc(Cl)c(Cl)c1. The Morgan fingerprint density at radius 1 is 1.08 bits per heavy atom. The molecule has 0 heterocycles. The van der Waals surface area contributed by atoms with Gasteiger partial charge in [-0.15, -0.1) is 0 Å². The molecule has 0 saturated heterocycles. The lowest BCUT2D eigenvalue weighted by Crippen LogP contribution is -2.38. The van der Waals surface area contributed by atoms with Crippen molar-refractivity contribution in [3.8, 4) is 0 Å². The minimum Gasteiger partial charge on any atom is -0.354 e. The molecule has 1 N–H and O–H groups in total. The largest absolute Gasteiger partial charge is 0.354 e. The summed E-state index contributed by atoms with van der Waals surface area (Å²) in [5.41, 5.74) is 2.72. The van der Waals surface area contributed by atoms with Gasteiger partial charge in [-0.1, -0.05) is 47.5 Å². The third-order valence-electron chi connectivity index (χ3n) is 3.86. The van der Waals surface area contributed by atoms with E-state index in [4.69, 9.17) is 23.2 Å². The minimum absolute atomic E-state index is 0.0769. The number of benzene rings is 2. The zero-order valence-electron chi connectivity index (χ0n) is 14.2. The number of aryl methyl sites for hydroxylation is 1. The molecule has 0 radical (unpaired) electrons. The van der Waals surface area contributed by atoms with Crippen LogP contribution in [0.25, 0.3) is 0 Å². The number of hydrogen-bond donors (Lipinski definition) is 1. The average Bonchev–Trinajstić information content (AvgIpc) is 2.56. The van der Waals surface area contributed by atoms with Crippen LogP contribution in [0.4, 0.5) is 5.69 Å². The highest BCUT2D eigenvalue weighted by atomic mass is 35.5. The Hall–Kier alpha value is -2.04. The fourth-order valence-electron chi connectivity index (χ4n) is 2.47. The first-order valence-corrected chi connectivity index (χ1v) is 8.68. The van der Waals surface area contributed by atoms with Crippen molar-refractivity contribution in [3.63, 3.8) is 0 Å². The summed E-state index contributed by atoms with van der Waals surface area (Å²) in [4.78, 5) is 25.5.